The Kier molecular flexibility index (Phi) is 2.85. The van der Waals surface area contributed by atoms with Gasteiger partial charge in [0, 0.05) is 11.9 Å². The van der Waals surface area contributed by atoms with Crippen LogP contribution in [0.25, 0.3) is 0 Å². The molecule has 0 amide bonds. The van der Waals surface area contributed by atoms with Crippen molar-refractivity contribution in [3.63, 3.8) is 0 Å². The highest BCUT2D eigenvalue weighted by atomic mass is 14.7. The van der Waals surface area contributed by atoms with Gasteiger partial charge in [0.05, 0.1) is 0 Å². The van der Waals surface area contributed by atoms with Crippen molar-refractivity contribution in [2.45, 2.75) is 39.5 Å². The predicted molar refractivity (Wildman–Crippen MR) is 52.4 cm³/mol. The fourth-order valence-electron chi connectivity index (χ4n) is 1.40. The van der Waals surface area contributed by atoms with E-state index in [2.05, 4.69) is 38.7 Å². The standard InChI is InChI=1S/C11H17N/c1-8(2)10-6-5-7-12-11(10)9(3)4/h5-9H,1-4H3. The van der Waals surface area contributed by atoms with Crippen molar-refractivity contribution >= 4 is 0 Å². The maximum atomic E-state index is 4.40. The average molecular weight is 163 g/mol. The van der Waals surface area contributed by atoms with Gasteiger partial charge in [0.2, 0.25) is 0 Å². The maximum absolute atomic E-state index is 4.40. The van der Waals surface area contributed by atoms with Gasteiger partial charge in [0.1, 0.15) is 0 Å². The van der Waals surface area contributed by atoms with Gasteiger partial charge in [-0.25, -0.2) is 0 Å². The van der Waals surface area contributed by atoms with Crippen molar-refractivity contribution in [1.82, 2.24) is 4.98 Å². The molecule has 0 saturated carbocycles. The van der Waals surface area contributed by atoms with Gasteiger partial charge < -0.3 is 0 Å². The Hall–Kier alpha value is -0.850. The smallest absolute Gasteiger partial charge is 0.0463 e. The van der Waals surface area contributed by atoms with E-state index >= 15 is 0 Å². The monoisotopic (exact) mass is 163 g/mol. The lowest BCUT2D eigenvalue weighted by atomic mass is 9.96. The highest BCUT2D eigenvalue weighted by Crippen LogP contribution is 2.23. The molecule has 1 aromatic heterocycles. The molecule has 1 heteroatoms. The Bertz CT molecular complexity index is 224. The zero-order valence-corrected chi connectivity index (χ0v) is 8.33. The molecule has 1 aromatic rings. The Morgan fingerprint density at radius 3 is 2.17 bits per heavy atom. The normalized spacial score (nSPS) is 11.2. The Morgan fingerprint density at radius 1 is 1.08 bits per heavy atom. The van der Waals surface area contributed by atoms with E-state index in [0.717, 1.165) is 0 Å². The molecular weight excluding hydrogens is 146 g/mol. The van der Waals surface area contributed by atoms with Crippen LogP contribution in [-0.2, 0) is 0 Å². The molecule has 1 rings (SSSR count). The SMILES string of the molecule is CC(C)c1cccnc1C(C)C. The first-order chi connectivity index (χ1) is 5.63. The van der Waals surface area contributed by atoms with E-state index in [4.69, 9.17) is 0 Å². The Labute approximate surface area is 74.8 Å². The molecule has 0 saturated heterocycles. The molecule has 0 spiro atoms. The lowest BCUT2D eigenvalue weighted by molar-refractivity contribution is 0.757. The van der Waals surface area contributed by atoms with Crippen molar-refractivity contribution < 1.29 is 0 Å². The van der Waals surface area contributed by atoms with Gasteiger partial charge in [-0.3, -0.25) is 4.98 Å². The van der Waals surface area contributed by atoms with Gasteiger partial charge >= 0.3 is 0 Å². The van der Waals surface area contributed by atoms with E-state index in [-0.39, 0.29) is 0 Å². The zero-order chi connectivity index (χ0) is 9.14. The molecule has 0 aliphatic heterocycles. The van der Waals surface area contributed by atoms with Crippen LogP contribution in [0.3, 0.4) is 0 Å². The third kappa shape index (κ3) is 1.84. The fraction of sp³-hybridized carbons (Fsp3) is 0.545. The highest BCUT2D eigenvalue weighted by molar-refractivity contribution is 5.25. The summed E-state index contributed by atoms with van der Waals surface area (Å²) in [6.45, 7) is 8.80. The third-order valence-corrected chi connectivity index (χ3v) is 2.04. The van der Waals surface area contributed by atoms with Gasteiger partial charge in [-0.2, -0.15) is 0 Å². The van der Waals surface area contributed by atoms with E-state index in [0.29, 0.717) is 11.8 Å². The second-order valence-corrected chi connectivity index (χ2v) is 3.79. The van der Waals surface area contributed by atoms with Crippen molar-refractivity contribution in [3.8, 4) is 0 Å². The number of hydrogen-bond acceptors (Lipinski definition) is 1. The molecule has 1 heterocycles. The van der Waals surface area contributed by atoms with Gasteiger partial charge in [0.25, 0.3) is 0 Å². The molecule has 0 radical (unpaired) electrons. The van der Waals surface area contributed by atoms with Crippen LogP contribution < -0.4 is 0 Å². The summed E-state index contributed by atoms with van der Waals surface area (Å²) in [6, 6.07) is 4.19. The van der Waals surface area contributed by atoms with Gasteiger partial charge in [0.15, 0.2) is 0 Å². The molecule has 0 N–H and O–H groups in total. The minimum Gasteiger partial charge on any atom is -0.261 e. The molecule has 66 valence electrons. The molecule has 0 unspecified atom stereocenters. The topological polar surface area (TPSA) is 12.9 Å². The fourth-order valence-corrected chi connectivity index (χ4v) is 1.40. The summed E-state index contributed by atoms with van der Waals surface area (Å²) in [4.78, 5) is 4.40. The van der Waals surface area contributed by atoms with Crippen LogP contribution in [0.15, 0.2) is 18.3 Å². The summed E-state index contributed by atoms with van der Waals surface area (Å²) in [5, 5.41) is 0. The Morgan fingerprint density at radius 2 is 1.75 bits per heavy atom. The Balaban J connectivity index is 3.09. The molecular formula is C11H17N. The number of rotatable bonds is 2. The summed E-state index contributed by atoms with van der Waals surface area (Å²) < 4.78 is 0. The summed E-state index contributed by atoms with van der Waals surface area (Å²) in [6.07, 6.45) is 1.88. The molecule has 0 aliphatic carbocycles. The molecule has 0 bridgehead atoms. The molecule has 0 atom stereocenters. The van der Waals surface area contributed by atoms with Crippen molar-refractivity contribution in [3.05, 3.63) is 29.6 Å². The minimum atomic E-state index is 0.531. The largest absolute Gasteiger partial charge is 0.261 e. The van der Waals surface area contributed by atoms with E-state index in [1.807, 2.05) is 12.3 Å². The number of pyridine rings is 1. The first-order valence-electron chi connectivity index (χ1n) is 4.57. The summed E-state index contributed by atoms with van der Waals surface area (Å²) in [5.74, 6) is 1.11. The summed E-state index contributed by atoms with van der Waals surface area (Å²) in [7, 11) is 0. The highest BCUT2D eigenvalue weighted by Gasteiger charge is 2.09. The van der Waals surface area contributed by atoms with Crippen LogP contribution in [0.4, 0.5) is 0 Å². The van der Waals surface area contributed by atoms with Crippen LogP contribution in [0.1, 0.15) is 50.8 Å². The van der Waals surface area contributed by atoms with Crippen LogP contribution in [0.2, 0.25) is 0 Å². The zero-order valence-electron chi connectivity index (χ0n) is 8.33. The number of hydrogen-bond donors (Lipinski definition) is 0. The van der Waals surface area contributed by atoms with E-state index in [1.165, 1.54) is 11.3 Å². The van der Waals surface area contributed by atoms with Gasteiger partial charge in [-0.05, 0) is 23.5 Å². The lowest BCUT2D eigenvalue weighted by Crippen LogP contribution is -2.00. The predicted octanol–water partition coefficient (Wildman–Crippen LogP) is 3.33. The first kappa shape index (κ1) is 9.24. The second kappa shape index (κ2) is 3.70. The van der Waals surface area contributed by atoms with Crippen molar-refractivity contribution in [2.75, 3.05) is 0 Å². The van der Waals surface area contributed by atoms with E-state index in [1.54, 1.807) is 0 Å². The van der Waals surface area contributed by atoms with Gasteiger partial charge in [-0.15, -0.1) is 0 Å². The quantitative estimate of drug-likeness (QED) is 0.651. The van der Waals surface area contributed by atoms with Gasteiger partial charge in [-0.1, -0.05) is 33.8 Å². The summed E-state index contributed by atoms with van der Waals surface area (Å²) in [5.41, 5.74) is 2.63. The molecule has 0 aromatic carbocycles. The second-order valence-electron chi connectivity index (χ2n) is 3.79. The van der Waals surface area contributed by atoms with Crippen LogP contribution >= 0.6 is 0 Å². The lowest BCUT2D eigenvalue weighted by Gasteiger charge is -2.13. The molecule has 12 heavy (non-hydrogen) atoms. The summed E-state index contributed by atoms with van der Waals surface area (Å²) >= 11 is 0. The van der Waals surface area contributed by atoms with E-state index in [9.17, 15) is 0 Å². The van der Waals surface area contributed by atoms with Crippen LogP contribution in [-0.4, -0.2) is 4.98 Å². The number of nitrogens with zero attached hydrogens (tertiary/aromatic N) is 1. The number of aromatic nitrogens is 1. The van der Waals surface area contributed by atoms with Crippen LogP contribution in [0, 0.1) is 0 Å². The van der Waals surface area contributed by atoms with Crippen molar-refractivity contribution in [2.24, 2.45) is 0 Å². The minimum absolute atomic E-state index is 0.531. The maximum Gasteiger partial charge on any atom is 0.0463 e. The van der Waals surface area contributed by atoms with Crippen molar-refractivity contribution in [1.29, 1.82) is 0 Å². The van der Waals surface area contributed by atoms with Crippen LogP contribution in [0.5, 0.6) is 0 Å². The van der Waals surface area contributed by atoms with E-state index < -0.39 is 0 Å². The third-order valence-electron chi connectivity index (χ3n) is 2.04. The molecule has 0 aliphatic rings. The molecule has 0 fully saturated rings. The first-order valence-corrected chi connectivity index (χ1v) is 4.57. The average Bonchev–Trinajstić information content (AvgIpc) is 2.04. The molecule has 1 nitrogen and oxygen atoms in total.